The number of alkyl halides is 3. The average molecular weight is 227 g/mol. The highest BCUT2D eigenvalue weighted by atomic mass is 19.4. The molecule has 0 fully saturated rings. The summed E-state index contributed by atoms with van der Waals surface area (Å²) in [6, 6.07) is 0. The Morgan fingerprint density at radius 1 is 1.20 bits per heavy atom. The van der Waals surface area contributed by atoms with Crippen LogP contribution in [0.5, 0.6) is 0 Å². The van der Waals surface area contributed by atoms with Crippen molar-refractivity contribution in [2.75, 3.05) is 19.7 Å². The van der Waals surface area contributed by atoms with Crippen LogP contribution in [0.4, 0.5) is 13.2 Å². The fraction of sp³-hybridized carbons (Fsp3) is 1.00. The third-order valence-corrected chi connectivity index (χ3v) is 2.69. The molecule has 0 aromatic heterocycles. The molecule has 0 aromatic rings. The fourth-order valence-electron chi connectivity index (χ4n) is 0.854. The standard InChI is InChI=1S/C10H20F3NO/c1-8(2)9(3,4)7-14-5-6-15-10(11,12)13/h8,14H,5-7H2,1-4H3. The first kappa shape index (κ1) is 14.7. The first-order valence-corrected chi connectivity index (χ1v) is 5.06. The zero-order valence-electron chi connectivity index (χ0n) is 9.74. The average Bonchev–Trinajstić information content (AvgIpc) is 2.00. The molecule has 0 spiro atoms. The van der Waals surface area contributed by atoms with E-state index >= 15 is 0 Å². The van der Waals surface area contributed by atoms with Crippen molar-refractivity contribution in [1.82, 2.24) is 5.32 Å². The van der Waals surface area contributed by atoms with E-state index in [1.54, 1.807) is 0 Å². The molecule has 0 unspecified atom stereocenters. The highest BCUT2D eigenvalue weighted by molar-refractivity contribution is 4.74. The molecule has 0 heterocycles. The van der Waals surface area contributed by atoms with Crippen LogP contribution < -0.4 is 5.32 Å². The van der Waals surface area contributed by atoms with Crippen LogP contribution in [0.3, 0.4) is 0 Å². The lowest BCUT2D eigenvalue weighted by Gasteiger charge is -2.29. The SMILES string of the molecule is CC(C)C(C)(C)CNCCOC(F)(F)F. The third kappa shape index (κ3) is 7.62. The summed E-state index contributed by atoms with van der Waals surface area (Å²) in [7, 11) is 0. The van der Waals surface area contributed by atoms with E-state index in [9.17, 15) is 13.2 Å². The molecule has 0 aliphatic rings. The van der Waals surface area contributed by atoms with E-state index in [4.69, 9.17) is 0 Å². The molecule has 0 aliphatic carbocycles. The van der Waals surface area contributed by atoms with Crippen LogP contribution in [0.25, 0.3) is 0 Å². The topological polar surface area (TPSA) is 21.3 Å². The molecule has 2 nitrogen and oxygen atoms in total. The molecule has 0 amide bonds. The molecule has 1 N–H and O–H groups in total. The second kappa shape index (κ2) is 5.70. The van der Waals surface area contributed by atoms with E-state index in [0.717, 1.165) is 0 Å². The van der Waals surface area contributed by atoms with Crippen molar-refractivity contribution in [3.05, 3.63) is 0 Å². The van der Waals surface area contributed by atoms with Crippen molar-refractivity contribution in [2.24, 2.45) is 11.3 Å². The summed E-state index contributed by atoms with van der Waals surface area (Å²) in [4.78, 5) is 0. The predicted molar refractivity (Wildman–Crippen MR) is 53.5 cm³/mol. The molecule has 0 bridgehead atoms. The molecule has 0 aromatic carbocycles. The van der Waals surface area contributed by atoms with Gasteiger partial charge in [-0.1, -0.05) is 27.7 Å². The Bertz CT molecular complexity index is 178. The van der Waals surface area contributed by atoms with Gasteiger partial charge < -0.3 is 5.32 Å². The second-order valence-corrected chi connectivity index (χ2v) is 4.61. The van der Waals surface area contributed by atoms with Crippen molar-refractivity contribution in [3.63, 3.8) is 0 Å². The summed E-state index contributed by atoms with van der Waals surface area (Å²) in [6.07, 6.45) is -4.52. The van der Waals surface area contributed by atoms with Gasteiger partial charge >= 0.3 is 6.36 Å². The predicted octanol–water partition coefficient (Wildman–Crippen LogP) is 2.79. The van der Waals surface area contributed by atoms with Crippen molar-refractivity contribution in [1.29, 1.82) is 0 Å². The van der Waals surface area contributed by atoms with Crippen LogP contribution in [0.1, 0.15) is 27.7 Å². The molecule has 5 heteroatoms. The summed E-state index contributed by atoms with van der Waals surface area (Å²) in [6.45, 7) is 8.91. The summed E-state index contributed by atoms with van der Waals surface area (Å²) in [5.74, 6) is 0.480. The summed E-state index contributed by atoms with van der Waals surface area (Å²) in [5, 5.41) is 2.95. The van der Waals surface area contributed by atoms with Crippen molar-refractivity contribution in [2.45, 2.75) is 34.1 Å². The van der Waals surface area contributed by atoms with E-state index in [0.29, 0.717) is 12.5 Å². The maximum absolute atomic E-state index is 11.6. The second-order valence-electron chi connectivity index (χ2n) is 4.61. The van der Waals surface area contributed by atoms with E-state index in [1.807, 2.05) is 0 Å². The molecule has 0 aliphatic heterocycles. The number of hydrogen-bond acceptors (Lipinski definition) is 2. The number of hydrogen-bond donors (Lipinski definition) is 1. The Morgan fingerprint density at radius 2 is 1.73 bits per heavy atom. The Labute approximate surface area is 89.2 Å². The maximum Gasteiger partial charge on any atom is 0.522 e. The number of ether oxygens (including phenoxy) is 1. The first-order valence-electron chi connectivity index (χ1n) is 5.06. The Morgan fingerprint density at radius 3 is 2.13 bits per heavy atom. The zero-order chi connectivity index (χ0) is 12.1. The molecule has 0 saturated carbocycles. The quantitative estimate of drug-likeness (QED) is 0.704. The monoisotopic (exact) mass is 227 g/mol. The molecule has 0 atom stereocenters. The van der Waals surface area contributed by atoms with Gasteiger partial charge in [0.2, 0.25) is 0 Å². The van der Waals surface area contributed by atoms with Crippen LogP contribution in [0.15, 0.2) is 0 Å². The number of halogens is 3. The third-order valence-electron chi connectivity index (χ3n) is 2.69. The molecule has 15 heavy (non-hydrogen) atoms. The summed E-state index contributed by atoms with van der Waals surface area (Å²) in [5.41, 5.74) is 0.0816. The first-order chi connectivity index (χ1) is 6.65. The highest BCUT2D eigenvalue weighted by Crippen LogP contribution is 2.24. The highest BCUT2D eigenvalue weighted by Gasteiger charge is 2.28. The van der Waals surface area contributed by atoms with Gasteiger partial charge in [-0.05, 0) is 11.3 Å². The van der Waals surface area contributed by atoms with Crippen molar-refractivity contribution in [3.8, 4) is 0 Å². The van der Waals surface area contributed by atoms with Gasteiger partial charge in [0.15, 0.2) is 0 Å². The lowest BCUT2D eigenvalue weighted by atomic mass is 9.81. The van der Waals surface area contributed by atoms with Gasteiger partial charge in [-0.2, -0.15) is 0 Å². The van der Waals surface area contributed by atoms with Gasteiger partial charge in [0.25, 0.3) is 0 Å². The summed E-state index contributed by atoms with van der Waals surface area (Å²) < 4.78 is 38.4. The summed E-state index contributed by atoms with van der Waals surface area (Å²) >= 11 is 0. The molecular weight excluding hydrogens is 207 g/mol. The minimum Gasteiger partial charge on any atom is -0.314 e. The Balaban J connectivity index is 3.55. The fourth-order valence-corrected chi connectivity index (χ4v) is 0.854. The lowest BCUT2D eigenvalue weighted by Crippen LogP contribution is -2.35. The molecular formula is C10H20F3NO. The van der Waals surface area contributed by atoms with E-state index < -0.39 is 6.36 Å². The van der Waals surface area contributed by atoms with Gasteiger partial charge in [0.05, 0.1) is 6.61 Å². The maximum atomic E-state index is 11.6. The zero-order valence-corrected chi connectivity index (χ0v) is 9.74. The van der Waals surface area contributed by atoms with Crippen LogP contribution in [0.2, 0.25) is 0 Å². The van der Waals surface area contributed by atoms with Crippen LogP contribution in [0, 0.1) is 11.3 Å². The van der Waals surface area contributed by atoms with Gasteiger partial charge in [0.1, 0.15) is 0 Å². The molecule has 0 saturated heterocycles. The molecule has 92 valence electrons. The minimum absolute atomic E-state index is 0.0816. The Hall–Kier alpha value is -0.290. The van der Waals surface area contributed by atoms with E-state index in [1.165, 1.54) is 0 Å². The van der Waals surface area contributed by atoms with E-state index in [-0.39, 0.29) is 18.6 Å². The van der Waals surface area contributed by atoms with Crippen molar-refractivity contribution < 1.29 is 17.9 Å². The smallest absolute Gasteiger partial charge is 0.314 e. The van der Waals surface area contributed by atoms with Crippen LogP contribution >= 0.6 is 0 Å². The largest absolute Gasteiger partial charge is 0.522 e. The van der Waals surface area contributed by atoms with Crippen molar-refractivity contribution >= 4 is 0 Å². The van der Waals surface area contributed by atoms with Gasteiger partial charge in [-0.25, -0.2) is 0 Å². The Kier molecular flexibility index (Phi) is 5.59. The van der Waals surface area contributed by atoms with E-state index in [2.05, 4.69) is 37.7 Å². The lowest BCUT2D eigenvalue weighted by molar-refractivity contribution is -0.323. The van der Waals surface area contributed by atoms with Crippen LogP contribution in [-0.2, 0) is 4.74 Å². The molecule has 0 rings (SSSR count). The number of nitrogens with one attached hydrogen (secondary N) is 1. The molecule has 0 radical (unpaired) electrons. The minimum atomic E-state index is -4.52. The van der Waals surface area contributed by atoms with Gasteiger partial charge in [-0.3, -0.25) is 4.74 Å². The van der Waals surface area contributed by atoms with Gasteiger partial charge in [-0.15, -0.1) is 13.2 Å². The van der Waals surface area contributed by atoms with Crippen LogP contribution in [-0.4, -0.2) is 26.1 Å². The van der Waals surface area contributed by atoms with Gasteiger partial charge in [0, 0.05) is 13.1 Å². The number of rotatable bonds is 6. The normalized spacial score (nSPS) is 13.6.